The van der Waals surface area contributed by atoms with Crippen molar-refractivity contribution in [2.45, 2.75) is 12.8 Å². The number of aliphatic hydroxyl groups excluding tert-OH is 1. The van der Waals surface area contributed by atoms with Crippen LogP contribution in [-0.2, 0) is 0 Å². The van der Waals surface area contributed by atoms with Crippen LogP contribution in [0.4, 0.5) is 14.5 Å². The number of hydrogen-bond donors (Lipinski definition) is 1. The van der Waals surface area contributed by atoms with Gasteiger partial charge in [-0.2, -0.15) is 0 Å². The van der Waals surface area contributed by atoms with Crippen molar-refractivity contribution in [3.05, 3.63) is 39.4 Å². The Bertz CT molecular complexity index is 580. The fraction of sp³-hybridized carbons (Fsp3) is 0.462. The second-order valence-electron chi connectivity index (χ2n) is 4.96. The first-order chi connectivity index (χ1) is 9.93. The van der Waals surface area contributed by atoms with Crippen molar-refractivity contribution in [1.29, 1.82) is 0 Å². The molecule has 2 rings (SSSR count). The highest BCUT2D eigenvalue weighted by molar-refractivity contribution is 5.98. The van der Waals surface area contributed by atoms with Gasteiger partial charge < -0.3 is 10.0 Å². The molecule has 21 heavy (non-hydrogen) atoms. The molecule has 1 aliphatic rings. The Hall–Kier alpha value is -2.09. The standard InChI is InChI=1S/C13H14F2N2O4/c14-10-5-9(12(17(20)21)6-11(10)15)13(19)16-3-1-8(7-16)2-4-18/h5-6,8,18H,1-4,7H2. The third-order valence-corrected chi connectivity index (χ3v) is 3.58. The minimum absolute atomic E-state index is 0.00196. The van der Waals surface area contributed by atoms with Gasteiger partial charge in [0.25, 0.3) is 11.6 Å². The number of nitro benzene ring substituents is 1. The first-order valence-electron chi connectivity index (χ1n) is 6.47. The third-order valence-electron chi connectivity index (χ3n) is 3.58. The third kappa shape index (κ3) is 3.15. The maximum absolute atomic E-state index is 13.3. The summed E-state index contributed by atoms with van der Waals surface area (Å²) in [6.07, 6.45) is 1.20. The van der Waals surface area contributed by atoms with Gasteiger partial charge in [-0.1, -0.05) is 0 Å². The Kier molecular flexibility index (Phi) is 4.46. The fourth-order valence-corrected chi connectivity index (χ4v) is 2.46. The number of amides is 1. The summed E-state index contributed by atoms with van der Waals surface area (Å²) in [5, 5.41) is 19.8. The number of carbonyl (C=O) groups is 1. The molecule has 1 heterocycles. The lowest BCUT2D eigenvalue weighted by Crippen LogP contribution is -2.29. The first kappa shape index (κ1) is 15.3. The van der Waals surface area contributed by atoms with E-state index >= 15 is 0 Å². The van der Waals surface area contributed by atoms with Crippen LogP contribution in [0.25, 0.3) is 0 Å². The minimum atomic E-state index is -1.36. The smallest absolute Gasteiger partial charge is 0.285 e. The Labute approximate surface area is 119 Å². The van der Waals surface area contributed by atoms with Crippen LogP contribution in [0, 0.1) is 27.7 Å². The number of hydrogen-bond acceptors (Lipinski definition) is 4. The average Bonchev–Trinajstić information content (AvgIpc) is 2.89. The van der Waals surface area contributed by atoms with Crippen molar-refractivity contribution in [3.63, 3.8) is 0 Å². The number of aliphatic hydroxyl groups is 1. The summed E-state index contributed by atoms with van der Waals surface area (Å²) in [5.74, 6) is -3.24. The van der Waals surface area contributed by atoms with E-state index < -0.39 is 33.7 Å². The molecule has 1 fully saturated rings. The van der Waals surface area contributed by atoms with E-state index in [1.165, 1.54) is 4.90 Å². The van der Waals surface area contributed by atoms with Crippen LogP contribution < -0.4 is 0 Å². The molecule has 0 bridgehead atoms. The minimum Gasteiger partial charge on any atom is -0.396 e. The predicted molar refractivity (Wildman–Crippen MR) is 68.7 cm³/mol. The molecule has 1 saturated heterocycles. The van der Waals surface area contributed by atoms with Crippen LogP contribution in [-0.4, -0.2) is 40.5 Å². The topological polar surface area (TPSA) is 83.7 Å². The molecular formula is C13H14F2N2O4. The zero-order chi connectivity index (χ0) is 15.6. The van der Waals surface area contributed by atoms with E-state index in [0.717, 1.165) is 0 Å². The van der Waals surface area contributed by atoms with Crippen LogP contribution in [0.5, 0.6) is 0 Å². The second-order valence-corrected chi connectivity index (χ2v) is 4.96. The van der Waals surface area contributed by atoms with Gasteiger partial charge in [0.2, 0.25) is 0 Å². The van der Waals surface area contributed by atoms with E-state index in [4.69, 9.17) is 5.11 Å². The van der Waals surface area contributed by atoms with Crippen molar-refractivity contribution in [3.8, 4) is 0 Å². The molecule has 1 aromatic carbocycles. The fourth-order valence-electron chi connectivity index (χ4n) is 2.46. The normalized spacial score (nSPS) is 18.0. The Morgan fingerprint density at radius 1 is 1.43 bits per heavy atom. The van der Waals surface area contributed by atoms with Gasteiger partial charge in [-0.15, -0.1) is 0 Å². The molecule has 0 aliphatic carbocycles. The van der Waals surface area contributed by atoms with Crippen LogP contribution in [0.3, 0.4) is 0 Å². The van der Waals surface area contributed by atoms with Gasteiger partial charge in [0.1, 0.15) is 5.56 Å². The lowest BCUT2D eigenvalue weighted by Gasteiger charge is -2.16. The quantitative estimate of drug-likeness (QED) is 0.678. The van der Waals surface area contributed by atoms with Crippen molar-refractivity contribution in [2.75, 3.05) is 19.7 Å². The molecule has 1 atom stereocenters. The molecule has 0 spiro atoms. The van der Waals surface area contributed by atoms with Gasteiger partial charge in [-0.05, 0) is 24.8 Å². The highest BCUT2D eigenvalue weighted by atomic mass is 19.2. The van der Waals surface area contributed by atoms with Crippen molar-refractivity contribution in [1.82, 2.24) is 4.90 Å². The highest BCUT2D eigenvalue weighted by Crippen LogP contribution is 2.27. The molecule has 1 aromatic rings. The first-order valence-corrected chi connectivity index (χ1v) is 6.47. The van der Waals surface area contributed by atoms with E-state index in [1.54, 1.807) is 0 Å². The summed E-state index contributed by atoms with van der Waals surface area (Å²) < 4.78 is 26.4. The molecule has 1 unspecified atom stereocenters. The predicted octanol–water partition coefficient (Wildman–Crippen LogP) is 1.72. The molecule has 1 N–H and O–H groups in total. The lowest BCUT2D eigenvalue weighted by atomic mass is 10.1. The van der Waals surface area contributed by atoms with E-state index in [9.17, 15) is 23.7 Å². The van der Waals surface area contributed by atoms with Crippen LogP contribution >= 0.6 is 0 Å². The monoisotopic (exact) mass is 300 g/mol. The van der Waals surface area contributed by atoms with Gasteiger partial charge in [0.05, 0.1) is 11.0 Å². The Morgan fingerprint density at radius 2 is 2.10 bits per heavy atom. The van der Waals surface area contributed by atoms with E-state index in [2.05, 4.69) is 0 Å². The van der Waals surface area contributed by atoms with Gasteiger partial charge in [-0.3, -0.25) is 14.9 Å². The number of rotatable bonds is 4. The number of nitro groups is 1. The van der Waals surface area contributed by atoms with Crippen LogP contribution in [0.15, 0.2) is 12.1 Å². The maximum Gasteiger partial charge on any atom is 0.285 e. The number of likely N-dealkylation sites (tertiary alicyclic amines) is 1. The molecule has 8 heteroatoms. The lowest BCUT2D eigenvalue weighted by molar-refractivity contribution is -0.385. The number of carbonyl (C=O) groups excluding carboxylic acids is 1. The highest BCUT2D eigenvalue weighted by Gasteiger charge is 2.31. The van der Waals surface area contributed by atoms with Crippen LogP contribution in [0.2, 0.25) is 0 Å². The summed E-state index contributed by atoms with van der Waals surface area (Å²) in [4.78, 5) is 23.6. The second kappa shape index (κ2) is 6.13. The number of halogens is 2. The average molecular weight is 300 g/mol. The van der Waals surface area contributed by atoms with Gasteiger partial charge in [0.15, 0.2) is 11.6 Å². The SMILES string of the molecule is O=C(c1cc(F)c(F)cc1[N+](=O)[O-])N1CCC(CCO)C1. The maximum atomic E-state index is 13.3. The van der Waals surface area contributed by atoms with Gasteiger partial charge in [0, 0.05) is 19.7 Å². The van der Waals surface area contributed by atoms with Crippen molar-refractivity contribution in [2.24, 2.45) is 5.92 Å². The van der Waals surface area contributed by atoms with E-state index in [-0.39, 0.29) is 12.5 Å². The van der Waals surface area contributed by atoms with Crippen molar-refractivity contribution >= 4 is 11.6 Å². The Balaban J connectivity index is 2.27. The van der Waals surface area contributed by atoms with E-state index in [0.29, 0.717) is 38.1 Å². The summed E-state index contributed by atoms with van der Waals surface area (Å²) in [7, 11) is 0. The molecular weight excluding hydrogens is 286 g/mol. The van der Waals surface area contributed by atoms with Crippen LogP contribution in [0.1, 0.15) is 23.2 Å². The van der Waals surface area contributed by atoms with Gasteiger partial charge >= 0.3 is 0 Å². The largest absolute Gasteiger partial charge is 0.396 e. The molecule has 0 saturated carbocycles. The summed E-state index contributed by atoms with van der Waals surface area (Å²) in [6.45, 7) is 0.715. The molecule has 0 radical (unpaired) electrons. The summed E-state index contributed by atoms with van der Waals surface area (Å²) in [6, 6.07) is 0.985. The zero-order valence-corrected chi connectivity index (χ0v) is 11.1. The summed E-state index contributed by atoms with van der Waals surface area (Å²) >= 11 is 0. The number of nitrogens with zero attached hydrogens (tertiary/aromatic N) is 2. The molecule has 1 amide bonds. The number of benzene rings is 1. The van der Waals surface area contributed by atoms with E-state index in [1.807, 2.05) is 0 Å². The molecule has 1 aliphatic heterocycles. The van der Waals surface area contributed by atoms with Gasteiger partial charge in [-0.25, -0.2) is 8.78 Å². The molecule has 0 aromatic heterocycles. The summed E-state index contributed by atoms with van der Waals surface area (Å²) in [5.41, 5.74) is -1.20. The zero-order valence-electron chi connectivity index (χ0n) is 11.1. The molecule has 6 nitrogen and oxygen atoms in total. The molecule has 114 valence electrons. The Morgan fingerprint density at radius 3 is 2.71 bits per heavy atom. The van der Waals surface area contributed by atoms with Crippen molar-refractivity contribution < 1.29 is 23.6 Å².